The van der Waals surface area contributed by atoms with Crippen molar-refractivity contribution in [1.82, 2.24) is 4.90 Å². The number of carbonyl (C=O) groups is 1. The number of hydrogen-bond acceptors (Lipinski definition) is 3. The number of hydrogen-bond donors (Lipinski definition) is 0. The summed E-state index contributed by atoms with van der Waals surface area (Å²) in [5.74, 6) is 1.13. The summed E-state index contributed by atoms with van der Waals surface area (Å²) < 4.78 is 0. The van der Waals surface area contributed by atoms with Crippen molar-refractivity contribution in [3.8, 4) is 0 Å². The number of benzene rings is 2. The minimum atomic E-state index is 0.157. The molecule has 0 aromatic heterocycles. The maximum Gasteiger partial charge on any atom is 0.219 e. The van der Waals surface area contributed by atoms with Gasteiger partial charge < -0.3 is 4.90 Å². The largest absolute Gasteiger partial charge is 0.338 e. The predicted molar refractivity (Wildman–Crippen MR) is 88.8 cm³/mol. The molecular weight excluding hydrogens is 298 g/mol. The van der Waals surface area contributed by atoms with Crippen LogP contribution in [0.2, 0.25) is 0 Å². The molecule has 3 rings (SSSR count). The van der Waals surface area contributed by atoms with E-state index in [0.717, 1.165) is 18.8 Å². The molecule has 21 heavy (non-hydrogen) atoms. The van der Waals surface area contributed by atoms with Gasteiger partial charge in [0, 0.05) is 40.5 Å². The third-order valence-electron chi connectivity index (χ3n) is 3.44. The highest BCUT2D eigenvalue weighted by Crippen LogP contribution is 2.34. The van der Waals surface area contributed by atoms with Gasteiger partial charge in [0.1, 0.15) is 0 Å². The highest BCUT2D eigenvalue weighted by atomic mass is 32.2. The van der Waals surface area contributed by atoms with Gasteiger partial charge in [-0.1, -0.05) is 30.0 Å². The van der Waals surface area contributed by atoms with Crippen molar-refractivity contribution in [3.05, 3.63) is 54.1 Å². The molecule has 0 N–H and O–H groups in total. The van der Waals surface area contributed by atoms with Crippen LogP contribution in [0.1, 0.15) is 12.5 Å². The molecule has 2 nitrogen and oxygen atoms in total. The van der Waals surface area contributed by atoms with Crippen LogP contribution < -0.4 is 0 Å². The minimum absolute atomic E-state index is 0.157. The Hall–Kier alpha value is -1.39. The van der Waals surface area contributed by atoms with Crippen LogP contribution in [-0.4, -0.2) is 23.1 Å². The van der Waals surface area contributed by atoms with Crippen molar-refractivity contribution >= 4 is 29.4 Å². The predicted octanol–water partition coefficient (Wildman–Crippen LogP) is 4.29. The molecule has 1 aliphatic heterocycles. The van der Waals surface area contributed by atoms with Crippen LogP contribution in [0.4, 0.5) is 0 Å². The first-order valence-corrected chi connectivity index (χ1v) is 8.77. The van der Waals surface area contributed by atoms with E-state index < -0.39 is 0 Å². The van der Waals surface area contributed by atoms with Crippen molar-refractivity contribution in [3.63, 3.8) is 0 Å². The second-order valence-electron chi connectivity index (χ2n) is 4.97. The van der Waals surface area contributed by atoms with Crippen LogP contribution in [0, 0.1) is 0 Å². The molecule has 0 aliphatic carbocycles. The summed E-state index contributed by atoms with van der Waals surface area (Å²) in [6, 6.07) is 17.0. The fourth-order valence-electron chi connectivity index (χ4n) is 2.33. The van der Waals surface area contributed by atoms with E-state index >= 15 is 0 Å². The van der Waals surface area contributed by atoms with Crippen LogP contribution in [0.5, 0.6) is 0 Å². The Bertz CT molecular complexity index is 642. The Labute approximate surface area is 133 Å². The average Bonchev–Trinajstić information content (AvgIpc) is 2.70. The molecule has 2 aromatic rings. The third kappa shape index (κ3) is 3.63. The van der Waals surface area contributed by atoms with Crippen molar-refractivity contribution in [2.45, 2.75) is 28.2 Å². The molecule has 2 aromatic carbocycles. The maximum atomic E-state index is 11.6. The fourth-order valence-corrected chi connectivity index (χ4v) is 4.23. The van der Waals surface area contributed by atoms with E-state index in [1.165, 1.54) is 20.2 Å². The summed E-state index contributed by atoms with van der Waals surface area (Å²) in [5.41, 5.74) is 1.26. The van der Waals surface area contributed by atoms with Gasteiger partial charge in [-0.3, -0.25) is 4.79 Å². The second-order valence-corrected chi connectivity index (χ2v) is 7.26. The summed E-state index contributed by atoms with van der Waals surface area (Å²) in [7, 11) is 0. The molecule has 0 fully saturated rings. The van der Waals surface area contributed by atoms with Gasteiger partial charge in [0.05, 0.1) is 0 Å². The first kappa shape index (κ1) is 14.5. The van der Waals surface area contributed by atoms with Gasteiger partial charge in [-0.25, -0.2) is 0 Å². The molecule has 1 amide bonds. The van der Waals surface area contributed by atoms with E-state index in [9.17, 15) is 4.79 Å². The Morgan fingerprint density at radius 2 is 1.95 bits per heavy atom. The van der Waals surface area contributed by atoms with Crippen molar-refractivity contribution in [1.29, 1.82) is 0 Å². The summed E-state index contributed by atoms with van der Waals surface area (Å²) in [6.07, 6.45) is 0. The SMILES string of the molecule is CC(=O)N1CCSc2ccc(Sc3ccccc3)cc2C1. The topological polar surface area (TPSA) is 20.3 Å². The number of rotatable bonds is 2. The van der Waals surface area contributed by atoms with Crippen LogP contribution in [0.15, 0.2) is 63.2 Å². The number of amides is 1. The van der Waals surface area contributed by atoms with Crippen molar-refractivity contribution in [2.75, 3.05) is 12.3 Å². The second kappa shape index (κ2) is 6.58. The normalized spacial score (nSPS) is 14.4. The fraction of sp³-hybridized carbons (Fsp3) is 0.235. The molecule has 0 radical (unpaired) electrons. The minimum Gasteiger partial charge on any atom is -0.338 e. The Kier molecular flexibility index (Phi) is 4.56. The molecule has 0 unspecified atom stereocenters. The van der Waals surface area contributed by atoms with Gasteiger partial charge in [-0.15, -0.1) is 11.8 Å². The zero-order valence-electron chi connectivity index (χ0n) is 11.9. The first-order valence-electron chi connectivity index (χ1n) is 6.96. The summed E-state index contributed by atoms with van der Waals surface area (Å²) in [4.78, 5) is 17.3. The molecule has 0 atom stereocenters. The first-order chi connectivity index (χ1) is 10.2. The summed E-state index contributed by atoms with van der Waals surface area (Å²) in [6.45, 7) is 3.20. The third-order valence-corrected chi connectivity index (χ3v) is 5.53. The number of fused-ring (bicyclic) bond motifs is 1. The Balaban J connectivity index is 1.84. The van der Waals surface area contributed by atoms with Gasteiger partial charge >= 0.3 is 0 Å². The summed E-state index contributed by atoms with van der Waals surface area (Å²) in [5, 5.41) is 0. The van der Waals surface area contributed by atoms with Gasteiger partial charge in [-0.2, -0.15) is 0 Å². The maximum absolute atomic E-state index is 11.6. The lowest BCUT2D eigenvalue weighted by Crippen LogP contribution is -2.29. The van der Waals surface area contributed by atoms with E-state index in [1.54, 1.807) is 18.7 Å². The van der Waals surface area contributed by atoms with E-state index in [2.05, 4.69) is 42.5 Å². The standard InChI is InChI=1S/C17H17NOS2/c1-13(19)18-9-10-20-17-8-7-16(11-14(17)12-18)21-15-5-3-2-4-6-15/h2-8,11H,9-10,12H2,1H3. The lowest BCUT2D eigenvalue weighted by molar-refractivity contribution is -0.129. The molecule has 4 heteroatoms. The quantitative estimate of drug-likeness (QED) is 0.824. The van der Waals surface area contributed by atoms with E-state index in [4.69, 9.17) is 0 Å². The molecular formula is C17H17NOS2. The van der Waals surface area contributed by atoms with Gasteiger partial charge in [0.2, 0.25) is 5.91 Å². The molecule has 1 heterocycles. The van der Waals surface area contributed by atoms with E-state index in [-0.39, 0.29) is 5.91 Å². The van der Waals surface area contributed by atoms with Gasteiger partial charge in [0.15, 0.2) is 0 Å². The van der Waals surface area contributed by atoms with Crippen LogP contribution in [-0.2, 0) is 11.3 Å². The Morgan fingerprint density at radius 3 is 2.71 bits per heavy atom. The van der Waals surface area contributed by atoms with Crippen LogP contribution in [0.25, 0.3) is 0 Å². The van der Waals surface area contributed by atoms with Crippen molar-refractivity contribution < 1.29 is 4.79 Å². The highest BCUT2D eigenvalue weighted by Gasteiger charge is 2.17. The number of nitrogens with zero attached hydrogens (tertiary/aromatic N) is 1. The highest BCUT2D eigenvalue weighted by molar-refractivity contribution is 7.99. The van der Waals surface area contributed by atoms with Crippen LogP contribution in [0.3, 0.4) is 0 Å². The molecule has 1 aliphatic rings. The molecule has 108 valence electrons. The number of thioether (sulfide) groups is 1. The van der Waals surface area contributed by atoms with E-state index in [0.29, 0.717) is 0 Å². The molecule has 0 spiro atoms. The molecule has 0 bridgehead atoms. The lowest BCUT2D eigenvalue weighted by atomic mass is 10.2. The van der Waals surface area contributed by atoms with Crippen molar-refractivity contribution in [2.24, 2.45) is 0 Å². The van der Waals surface area contributed by atoms with Gasteiger partial charge in [0.25, 0.3) is 0 Å². The zero-order valence-corrected chi connectivity index (χ0v) is 13.5. The number of carbonyl (C=O) groups excluding carboxylic acids is 1. The van der Waals surface area contributed by atoms with Gasteiger partial charge in [-0.05, 0) is 35.9 Å². The molecule has 0 saturated carbocycles. The van der Waals surface area contributed by atoms with E-state index in [1.807, 2.05) is 22.7 Å². The average molecular weight is 315 g/mol. The Morgan fingerprint density at radius 1 is 1.14 bits per heavy atom. The monoisotopic (exact) mass is 315 g/mol. The van der Waals surface area contributed by atoms with Crippen LogP contribution >= 0.6 is 23.5 Å². The lowest BCUT2D eigenvalue weighted by Gasteiger charge is -2.18. The summed E-state index contributed by atoms with van der Waals surface area (Å²) >= 11 is 3.61. The zero-order chi connectivity index (χ0) is 14.7. The molecule has 0 saturated heterocycles. The smallest absolute Gasteiger partial charge is 0.219 e.